The Morgan fingerprint density at radius 1 is 1.18 bits per heavy atom. The quantitative estimate of drug-likeness (QED) is 0.795. The average molecular weight is 293 g/mol. The molecule has 0 amide bonds. The van der Waals surface area contributed by atoms with E-state index in [0.29, 0.717) is 17.3 Å². The van der Waals surface area contributed by atoms with Crippen LogP contribution in [-0.2, 0) is 0 Å². The minimum absolute atomic E-state index is 0.332. The molecule has 0 unspecified atom stereocenters. The molecule has 17 heavy (non-hydrogen) atoms. The van der Waals surface area contributed by atoms with Crippen LogP contribution in [0.4, 0.5) is 23.0 Å². The van der Waals surface area contributed by atoms with Gasteiger partial charge in [-0.2, -0.15) is 0 Å². The van der Waals surface area contributed by atoms with Gasteiger partial charge in [0.05, 0.1) is 11.4 Å². The summed E-state index contributed by atoms with van der Waals surface area (Å²) in [7, 11) is 0. The molecule has 0 aliphatic carbocycles. The SMILES string of the molecule is Cc1ccc(Br)c(Nc2ccc(N)c(N)n2)c1. The first kappa shape index (κ1) is 11.7. The van der Waals surface area contributed by atoms with Crippen molar-refractivity contribution in [3.05, 3.63) is 40.4 Å². The number of hydrogen-bond donors (Lipinski definition) is 3. The molecule has 1 heterocycles. The molecule has 0 atom stereocenters. The minimum Gasteiger partial charge on any atom is -0.396 e. The molecule has 0 saturated carbocycles. The lowest BCUT2D eigenvalue weighted by molar-refractivity contribution is 1.31. The number of nitrogens with zero attached hydrogens (tertiary/aromatic N) is 1. The van der Waals surface area contributed by atoms with E-state index in [2.05, 4.69) is 26.2 Å². The predicted molar refractivity (Wildman–Crippen MR) is 75.2 cm³/mol. The molecule has 88 valence electrons. The molecule has 0 fully saturated rings. The van der Waals surface area contributed by atoms with Crippen LogP contribution in [0.1, 0.15) is 5.56 Å². The summed E-state index contributed by atoms with van der Waals surface area (Å²) in [5.41, 5.74) is 13.9. The Bertz CT molecular complexity index is 554. The monoisotopic (exact) mass is 292 g/mol. The van der Waals surface area contributed by atoms with E-state index in [9.17, 15) is 0 Å². The summed E-state index contributed by atoms with van der Waals surface area (Å²) in [6.07, 6.45) is 0. The fourth-order valence-electron chi connectivity index (χ4n) is 1.43. The van der Waals surface area contributed by atoms with Gasteiger partial charge in [0.15, 0.2) is 0 Å². The van der Waals surface area contributed by atoms with Crippen LogP contribution in [0.5, 0.6) is 0 Å². The summed E-state index contributed by atoms with van der Waals surface area (Å²) < 4.78 is 0.972. The smallest absolute Gasteiger partial charge is 0.149 e. The Morgan fingerprint density at radius 2 is 1.94 bits per heavy atom. The predicted octanol–water partition coefficient (Wildman–Crippen LogP) is 3.06. The standard InChI is InChI=1S/C12H13BrN4/c1-7-2-3-8(13)10(6-7)16-11-5-4-9(14)12(15)17-11/h2-6H,14H2,1H3,(H3,15,16,17). The second-order valence-electron chi connectivity index (χ2n) is 3.78. The van der Waals surface area contributed by atoms with Crippen molar-refractivity contribution in [2.24, 2.45) is 0 Å². The average Bonchev–Trinajstić information content (AvgIpc) is 2.29. The molecule has 0 aliphatic rings. The molecule has 1 aromatic heterocycles. The molecule has 0 bridgehead atoms. The van der Waals surface area contributed by atoms with Crippen LogP contribution in [0.15, 0.2) is 34.8 Å². The van der Waals surface area contributed by atoms with Gasteiger partial charge in [-0.3, -0.25) is 0 Å². The third kappa shape index (κ3) is 2.68. The number of nitrogens with one attached hydrogen (secondary N) is 1. The topological polar surface area (TPSA) is 77.0 Å². The van der Waals surface area contributed by atoms with Gasteiger partial charge in [-0.05, 0) is 52.7 Å². The molecule has 5 N–H and O–H groups in total. The Hall–Kier alpha value is -1.75. The molecule has 2 aromatic rings. The van der Waals surface area contributed by atoms with Crippen molar-refractivity contribution >= 4 is 38.9 Å². The van der Waals surface area contributed by atoms with Crippen LogP contribution >= 0.6 is 15.9 Å². The van der Waals surface area contributed by atoms with Crippen molar-refractivity contribution in [1.82, 2.24) is 4.98 Å². The van der Waals surface area contributed by atoms with Gasteiger partial charge in [-0.25, -0.2) is 4.98 Å². The van der Waals surface area contributed by atoms with Crippen LogP contribution in [0.3, 0.4) is 0 Å². The van der Waals surface area contributed by atoms with Gasteiger partial charge in [0, 0.05) is 4.47 Å². The lowest BCUT2D eigenvalue weighted by Gasteiger charge is -2.09. The number of nitrogen functional groups attached to an aromatic ring is 2. The van der Waals surface area contributed by atoms with E-state index in [4.69, 9.17) is 11.5 Å². The zero-order valence-electron chi connectivity index (χ0n) is 9.37. The number of halogens is 1. The van der Waals surface area contributed by atoms with E-state index in [0.717, 1.165) is 10.2 Å². The van der Waals surface area contributed by atoms with Gasteiger partial charge < -0.3 is 16.8 Å². The molecule has 0 aliphatic heterocycles. The van der Waals surface area contributed by atoms with E-state index in [-0.39, 0.29) is 0 Å². The maximum absolute atomic E-state index is 5.65. The van der Waals surface area contributed by atoms with Crippen molar-refractivity contribution in [2.45, 2.75) is 6.92 Å². The van der Waals surface area contributed by atoms with Crippen molar-refractivity contribution in [3.8, 4) is 0 Å². The Balaban J connectivity index is 2.31. The first-order chi connectivity index (χ1) is 8.06. The molecular formula is C12H13BrN4. The van der Waals surface area contributed by atoms with Crippen LogP contribution < -0.4 is 16.8 Å². The van der Waals surface area contributed by atoms with Crippen molar-refractivity contribution in [3.63, 3.8) is 0 Å². The summed E-state index contributed by atoms with van der Waals surface area (Å²) in [4.78, 5) is 4.16. The molecule has 2 rings (SSSR count). The highest BCUT2D eigenvalue weighted by atomic mass is 79.9. The van der Waals surface area contributed by atoms with Gasteiger partial charge >= 0.3 is 0 Å². The van der Waals surface area contributed by atoms with Gasteiger partial charge in [0.25, 0.3) is 0 Å². The van der Waals surface area contributed by atoms with Crippen LogP contribution in [0, 0.1) is 6.92 Å². The number of aryl methyl sites for hydroxylation is 1. The van der Waals surface area contributed by atoms with Crippen molar-refractivity contribution in [1.29, 1.82) is 0 Å². The fraction of sp³-hybridized carbons (Fsp3) is 0.0833. The Morgan fingerprint density at radius 3 is 2.65 bits per heavy atom. The molecule has 5 heteroatoms. The summed E-state index contributed by atoms with van der Waals surface area (Å²) in [6, 6.07) is 9.56. The van der Waals surface area contributed by atoms with Gasteiger partial charge in [-0.1, -0.05) is 6.07 Å². The molecule has 0 saturated heterocycles. The zero-order chi connectivity index (χ0) is 12.4. The zero-order valence-corrected chi connectivity index (χ0v) is 11.0. The third-order valence-electron chi connectivity index (χ3n) is 2.34. The first-order valence-electron chi connectivity index (χ1n) is 5.11. The highest BCUT2D eigenvalue weighted by molar-refractivity contribution is 9.10. The van der Waals surface area contributed by atoms with Crippen molar-refractivity contribution < 1.29 is 0 Å². The van der Waals surface area contributed by atoms with E-state index in [1.807, 2.05) is 25.1 Å². The van der Waals surface area contributed by atoms with E-state index < -0.39 is 0 Å². The normalized spacial score (nSPS) is 10.2. The maximum Gasteiger partial charge on any atom is 0.149 e. The Kier molecular flexibility index (Phi) is 3.19. The Labute approximate surface area is 108 Å². The minimum atomic E-state index is 0.332. The molecule has 0 radical (unpaired) electrons. The van der Waals surface area contributed by atoms with E-state index in [1.54, 1.807) is 12.1 Å². The number of aromatic nitrogens is 1. The summed E-state index contributed by atoms with van der Waals surface area (Å²) >= 11 is 3.47. The van der Waals surface area contributed by atoms with Crippen LogP contribution in [-0.4, -0.2) is 4.98 Å². The first-order valence-corrected chi connectivity index (χ1v) is 5.91. The highest BCUT2D eigenvalue weighted by Crippen LogP contribution is 2.27. The lowest BCUT2D eigenvalue weighted by Crippen LogP contribution is -2.01. The van der Waals surface area contributed by atoms with Crippen LogP contribution in [0.25, 0.3) is 0 Å². The number of rotatable bonds is 2. The third-order valence-corrected chi connectivity index (χ3v) is 3.03. The molecule has 0 spiro atoms. The van der Waals surface area contributed by atoms with Crippen molar-refractivity contribution in [2.75, 3.05) is 16.8 Å². The van der Waals surface area contributed by atoms with E-state index in [1.165, 1.54) is 5.56 Å². The van der Waals surface area contributed by atoms with Gasteiger partial charge in [-0.15, -0.1) is 0 Å². The highest BCUT2D eigenvalue weighted by Gasteiger charge is 2.03. The number of pyridine rings is 1. The van der Waals surface area contributed by atoms with Gasteiger partial charge in [0.2, 0.25) is 0 Å². The molecule has 4 nitrogen and oxygen atoms in total. The second kappa shape index (κ2) is 4.63. The molecular weight excluding hydrogens is 280 g/mol. The second-order valence-corrected chi connectivity index (χ2v) is 4.63. The molecule has 1 aromatic carbocycles. The number of anilines is 4. The number of benzene rings is 1. The largest absolute Gasteiger partial charge is 0.396 e. The number of hydrogen-bond acceptors (Lipinski definition) is 4. The van der Waals surface area contributed by atoms with E-state index >= 15 is 0 Å². The lowest BCUT2D eigenvalue weighted by atomic mass is 10.2. The van der Waals surface area contributed by atoms with Crippen LogP contribution in [0.2, 0.25) is 0 Å². The fourth-order valence-corrected chi connectivity index (χ4v) is 1.77. The maximum atomic E-state index is 5.65. The number of nitrogens with two attached hydrogens (primary N) is 2. The summed E-state index contributed by atoms with van der Waals surface area (Å²) in [5.74, 6) is 1.00. The summed E-state index contributed by atoms with van der Waals surface area (Å²) in [5, 5.41) is 3.19. The van der Waals surface area contributed by atoms with Gasteiger partial charge in [0.1, 0.15) is 11.6 Å². The summed E-state index contributed by atoms with van der Waals surface area (Å²) in [6.45, 7) is 2.03.